The lowest BCUT2D eigenvalue weighted by atomic mass is 10.0. The zero-order valence-corrected chi connectivity index (χ0v) is 14.3. The van der Waals surface area contributed by atoms with Crippen LogP contribution in [0.1, 0.15) is 35.7 Å². The molecule has 6 nitrogen and oxygen atoms in total. The Hall–Kier alpha value is -3.22. The van der Waals surface area contributed by atoms with Gasteiger partial charge in [0.1, 0.15) is 24.2 Å². The number of nitrogens with one attached hydrogen (secondary N) is 1. The van der Waals surface area contributed by atoms with E-state index >= 15 is 0 Å². The Morgan fingerprint density at radius 2 is 2.00 bits per heavy atom. The van der Waals surface area contributed by atoms with Crippen LogP contribution in [0.3, 0.4) is 0 Å². The molecule has 2 aliphatic heterocycles. The smallest absolute Gasteiger partial charge is 0.255 e. The predicted octanol–water partition coefficient (Wildman–Crippen LogP) is 2.17. The Bertz CT molecular complexity index is 996. The second-order valence-corrected chi connectivity index (χ2v) is 6.38. The maximum atomic E-state index is 13.8. The molecule has 4 rings (SSSR count). The molecule has 27 heavy (non-hydrogen) atoms. The summed E-state index contributed by atoms with van der Waals surface area (Å²) in [6, 6.07) is 9.29. The number of amides is 3. The minimum atomic E-state index is -1.85. The van der Waals surface area contributed by atoms with Gasteiger partial charge in [-0.25, -0.2) is 4.39 Å². The van der Waals surface area contributed by atoms with Crippen molar-refractivity contribution in [2.75, 3.05) is 0 Å². The van der Waals surface area contributed by atoms with Gasteiger partial charge < -0.3 is 9.64 Å². The largest absolute Gasteiger partial charge is 0.488 e. The lowest BCUT2D eigenvalue weighted by Gasteiger charge is -2.29. The van der Waals surface area contributed by atoms with E-state index in [1.165, 1.54) is 6.07 Å². The summed E-state index contributed by atoms with van der Waals surface area (Å²) in [4.78, 5) is 37.6. The molecule has 2 aromatic carbocycles. The molecule has 3 amide bonds. The van der Waals surface area contributed by atoms with Crippen molar-refractivity contribution in [1.29, 1.82) is 0 Å². The van der Waals surface area contributed by atoms with Gasteiger partial charge in [0, 0.05) is 23.1 Å². The number of rotatable bonds is 4. The van der Waals surface area contributed by atoms with E-state index in [1.807, 2.05) is 0 Å². The molecule has 0 unspecified atom stereocenters. The molecule has 2 aliphatic rings. The quantitative estimate of drug-likeness (QED) is 0.838. The summed E-state index contributed by atoms with van der Waals surface area (Å²) in [5.74, 6) is -1.72. The van der Waals surface area contributed by atoms with Crippen molar-refractivity contribution in [2.24, 2.45) is 0 Å². The van der Waals surface area contributed by atoms with E-state index in [4.69, 9.17) is 6.11 Å². The summed E-state index contributed by atoms with van der Waals surface area (Å²) in [6.45, 7) is -0.00888. The third-order valence-corrected chi connectivity index (χ3v) is 4.70. The van der Waals surface area contributed by atoms with Crippen LogP contribution in [0.5, 0.6) is 5.75 Å². The van der Waals surface area contributed by atoms with E-state index in [2.05, 4.69) is 5.32 Å². The van der Waals surface area contributed by atoms with Crippen molar-refractivity contribution < 1.29 is 24.9 Å². The second-order valence-electron chi connectivity index (χ2n) is 6.38. The average molecular weight is 369 g/mol. The lowest BCUT2D eigenvalue weighted by Crippen LogP contribution is -2.52. The highest BCUT2D eigenvalue weighted by Crippen LogP contribution is 2.34. The SMILES string of the molecule is [2H][C@]1(N2Cc3c(OCc4ccccc4F)cccc3C2=O)CCC(=O)NC1=O. The highest BCUT2D eigenvalue weighted by molar-refractivity contribution is 6.05. The molecule has 138 valence electrons. The molecule has 0 aromatic heterocycles. The minimum Gasteiger partial charge on any atom is -0.488 e. The number of carbonyl (C=O) groups excluding carboxylic acids is 3. The summed E-state index contributed by atoms with van der Waals surface area (Å²) < 4.78 is 28.1. The second kappa shape index (κ2) is 6.83. The van der Waals surface area contributed by atoms with Gasteiger partial charge in [0.25, 0.3) is 5.91 Å². The molecular formula is C20H17FN2O4. The van der Waals surface area contributed by atoms with Crippen LogP contribution in [-0.2, 0) is 22.7 Å². The molecule has 7 heteroatoms. The van der Waals surface area contributed by atoms with E-state index in [-0.39, 0.29) is 31.8 Å². The zero-order valence-electron chi connectivity index (χ0n) is 15.3. The van der Waals surface area contributed by atoms with E-state index in [1.54, 1.807) is 36.4 Å². The standard InChI is InChI=1S/C20H17FN2O4/c21-15-6-2-1-4-12(15)11-27-17-7-3-5-13-14(17)10-23(20(13)26)16-8-9-18(24)22-19(16)25/h1-7,16H,8-11H2,(H,22,24,25)/t16-/m0/s1/i16D. The molecule has 0 saturated carbocycles. The zero-order chi connectivity index (χ0) is 19.9. The monoisotopic (exact) mass is 369 g/mol. The van der Waals surface area contributed by atoms with Crippen molar-refractivity contribution in [1.82, 2.24) is 10.2 Å². The Kier molecular flexibility index (Phi) is 4.04. The number of carbonyl (C=O) groups is 3. The number of halogens is 1. The molecule has 0 radical (unpaired) electrons. The van der Waals surface area contributed by atoms with Crippen LogP contribution >= 0.6 is 0 Å². The van der Waals surface area contributed by atoms with Gasteiger partial charge in [0.2, 0.25) is 11.8 Å². The van der Waals surface area contributed by atoms with Crippen molar-refractivity contribution in [3.05, 3.63) is 65.0 Å². The Morgan fingerprint density at radius 3 is 2.78 bits per heavy atom. The molecule has 2 aromatic rings. The number of nitrogens with zero attached hydrogens (tertiary/aromatic N) is 1. The number of benzene rings is 2. The molecule has 0 aliphatic carbocycles. The van der Waals surface area contributed by atoms with Gasteiger partial charge in [-0.15, -0.1) is 0 Å². The fraction of sp³-hybridized carbons (Fsp3) is 0.250. The molecule has 1 fully saturated rings. The van der Waals surface area contributed by atoms with E-state index in [0.29, 0.717) is 22.4 Å². The van der Waals surface area contributed by atoms with Crippen LogP contribution in [0.2, 0.25) is 0 Å². The summed E-state index contributed by atoms with van der Waals surface area (Å²) in [6.07, 6.45) is -0.0746. The topological polar surface area (TPSA) is 75.7 Å². The van der Waals surface area contributed by atoms with Crippen LogP contribution in [0.4, 0.5) is 4.39 Å². The molecule has 1 atom stereocenters. The first-order valence-electron chi connectivity index (χ1n) is 9.04. The van der Waals surface area contributed by atoms with Crippen molar-refractivity contribution in [3.63, 3.8) is 0 Å². The number of hydrogen-bond donors (Lipinski definition) is 1. The third kappa shape index (κ3) is 3.16. The van der Waals surface area contributed by atoms with Gasteiger partial charge in [-0.1, -0.05) is 24.3 Å². The fourth-order valence-electron chi connectivity index (χ4n) is 3.29. The maximum absolute atomic E-state index is 13.8. The van der Waals surface area contributed by atoms with Crippen molar-refractivity contribution in [3.8, 4) is 5.75 Å². The fourth-order valence-corrected chi connectivity index (χ4v) is 3.29. The first kappa shape index (κ1) is 16.0. The summed E-state index contributed by atoms with van der Waals surface area (Å²) >= 11 is 0. The maximum Gasteiger partial charge on any atom is 0.255 e. The van der Waals surface area contributed by atoms with E-state index in [0.717, 1.165) is 4.90 Å². The van der Waals surface area contributed by atoms with Crippen molar-refractivity contribution in [2.45, 2.75) is 32.0 Å². The Morgan fingerprint density at radius 1 is 1.19 bits per heavy atom. The first-order chi connectivity index (χ1) is 13.4. The van der Waals surface area contributed by atoms with Gasteiger partial charge in [0.05, 0.1) is 7.92 Å². The van der Waals surface area contributed by atoms with Crippen LogP contribution in [0.15, 0.2) is 42.5 Å². The van der Waals surface area contributed by atoms with Crippen LogP contribution in [-0.4, -0.2) is 28.6 Å². The van der Waals surface area contributed by atoms with E-state index < -0.39 is 23.7 Å². The molecule has 1 saturated heterocycles. The van der Waals surface area contributed by atoms with Crippen LogP contribution < -0.4 is 10.1 Å². The average Bonchev–Trinajstić information content (AvgIpc) is 3.03. The Balaban J connectivity index is 1.59. The predicted molar refractivity (Wildman–Crippen MR) is 93.2 cm³/mol. The number of piperidine rings is 1. The highest BCUT2D eigenvalue weighted by atomic mass is 19.1. The summed E-state index contributed by atoms with van der Waals surface area (Å²) in [5, 5.41) is 2.13. The van der Waals surface area contributed by atoms with Gasteiger partial charge >= 0.3 is 0 Å². The van der Waals surface area contributed by atoms with Gasteiger partial charge in [-0.3, -0.25) is 19.7 Å². The molecule has 2 heterocycles. The number of fused-ring (bicyclic) bond motifs is 1. The Labute approximate surface area is 156 Å². The summed E-state index contributed by atoms with van der Waals surface area (Å²) in [7, 11) is 0. The number of hydrogen-bond acceptors (Lipinski definition) is 4. The molecule has 0 bridgehead atoms. The highest BCUT2D eigenvalue weighted by Gasteiger charge is 2.40. The van der Waals surface area contributed by atoms with Gasteiger partial charge in [-0.2, -0.15) is 0 Å². The van der Waals surface area contributed by atoms with Gasteiger partial charge in [-0.05, 0) is 24.6 Å². The van der Waals surface area contributed by atoms with Crippen LogP contribution in [0.25, 0.3) is 0 Å². The number of imide groups is 1. The molecule has 1 N–H and O–H groups in total. The molecule has 0 spiro atoms. The lowest BCUT2D eigenvalue weighted by molar-refractivity contribution is -0.136. The van der Waals surface area contributed by atoms with Crippen molar-refractivity contribution >= 4 is 17.7 Å². The minimum absolute atomic E-state index is 0.00667. The normalized spacial score (nSPS) is 22.3. The molecular weight excluding hydrogens is 351 g/mol. The first-order valence-corrected chi connectivity index (χ1v) is 8.54. The van der Waals surface area contributed by atoms with Crippen LogP contribution in [0, 0.1) is 5.82 Å². The third-order valence-electron chi connectivity index (χ3n) is 4.70. The van der Waals surface area contributed by atoms with E-state index in [9.17, 15) is 18.8 Å². The number of ether oxygens (including phenoxy) is 1. The summed E-state index contributed by atoms with van der Waals surface area (Å²) in [5.41, 5.74) is 1.26. The van der Waals surface area contributed by atoms with Gasteiger partial charge in [0.15, 0.2) is 0 Å².